The topological polar surface area (TPSA) is 61.7 Å². The molecule has 2 rings (SSSR count). The second-order valence-electron chi connectivity index (χ2n) is 5.96. The first-order valence-electron chi connectivity index (χ1n) is 7.14. The molecule has 0 spiro atoms. The number of aromatic nitrogens is 4. The van der Waals surface area contributed by atoms with Gasteiger partial charge in [0.2, 0.25) is 0 Å². The summed E-state index contributed by atoms with van der Waals surface area (Å²) >= 11 is 0. The fraction of sp³-hybridized carbons (Fsp3) is 0.600. The molecule has 0 aromatic carbocycles. The molecule has 0 aliphatic heterocycles. The highest BCUT2D eigenvalue weighted by Crippen LogP contribution is 2.21. The van der Waals surface area contributed by atoms with Crippen LogP contribution >= 0.6 is 0 Å². The van der Waals surface area contributed by atoms with E-state index in [1.54, 1.807) is 0 Å². The minimum atomic E-state index is 0.0368. The number of rotatable bonds is 5. The van der Waals surface area contributed by atoms with Crippen LogP contribution in [0.1, 0.15) is 49.0 Å². The molecule has 2 N–H and O–H groups in total. The van der Waals surface area contributed by atoms with Crippen molar-refractivity contribution in [2.24, 2.45) is 18.7 Å². The zero-order chi connectivity index (χ0) is 14.9. The van der Waals surface area contributed by atoms with E-state index in [9.17, 15) is 0 Å². The maximum absolute atomic E-state index is 6.29. The van der Waals surface area contributed by atoms with E-state index < -0.39 is 0 Å². The van der Waals surface area contributed by atoms with Crippen LogP contribution in [0.25, 0.3) is 0 Å². The van der Waals surface area contributed by atoms with Crippen LogP contribution < -0.4 is 5.73 Å². The van der Waals surface area contributed by atoms with E-state index in [-0.39, 0.29) is 6.04 Å². The first kappa shape index (κ1) is 14.8. The van der Waals surface area contributed by atoms with E-state index in [0.29, 0.717) is 5.92 Å². The molecule has 2 aromatic rings. The van der Waals surface area contributed by atoms with E-state index >= 15 is 0 Å². The molecule has 0 radical (unpaired) electrons. The number of hydrogen-bond acceptors (Lipinski definition) is 3. The number of nitrogens with two attached hydrogens (primary N) is 1. The number of hydrogen-bond donors (Lipinski definition) is 1. The summed E-state index contributed by atoms with van der Waals surface area (Å²) in [7, 11) is 1.98. The zero-order valence-electron chi connectivity index (χ0n) is 13.1. The lowest BCUT2D eigenvalue weighted by molar-refractivity contribution is 0.488. The molecule has 0 saturated heterocycles. The van der Waals surface area contributed by atoms with Crippen molar-refractivity contribution in [2.45, 2.75) is 46.7 Å². The third-order valence-electron chi connectivity index (χ3n) is 3.84. The van der Waals surface area contributed by atoms with Gasteiger partial charge >= 0.3 is 0 Å². The third-order valence-corrected chi connectivity index (χ3v) is 3.84. The van der Waals surface area contributed by atoms with Crippen molar-refractivity contribution in [1.82, 2.24) is 19.3 Å². The Hall–Kier alpha value is -1.62. The minimum Gasteiger partial charge on any atom is -0.329 e. The molecule has 0 amide bonds. The Morgan fingerprint density at radius 3 is 2.55 bits per heavy atom. The Kier molecular flexibility index (Phi) is 4.28. The Balaban J connectivity index is 2.24. The van der Waals surface area contributed by atoms with Gasteiger partial charge in [-0.25, -0.2) is 4.98 Å². The van der Waals surface area contributed by atoms with Crippen molar-refractivity contribution in [1.29, 1.82) is 0 Å². The second kappa shape index (κ2) is 5.79. The minimum absolute atomic E-state index is 0.0368. The van der Waals surface area contributed by atoms with Crippen molar-refractivity contribution < 1.29 is 0 Å². The highest BCUT2D eigenvalue weighted by Gasteiger charge is 2.16. The molecule has 0 saturated carbocycles. The van der Waals surface area contributed by atoms with Gasteiger partial charge in [-0.1, -0.05) is 13.8 Å². The average molecular weight is 275 g/mol. The first-order chi connectivity index (χ1) is 9.40. The van der Waals surface area contributed by atoms with Crippen molar-refractivity contribution >= 4 is 0 Å². The summed E-state index contributed by atoms with van der Waals surface area (Å²) in [4.78, 5) is 4.27. The van der Waals surface area contributed by atoms with Crippen molar-refractivity contribution in [3.63, 3.8) is 0 Å². The van der Waals surface area contributed by atoms with E-state index in [1.165, 1.54) is 11.3 Å². The summed E-state index contributed by atoms with van der Waals surface area (Å²) in [5.41, 5.74) is 10.9. The van der Waals surface area contributed by atoms with Crippen LogP contribution in [0.5, 0.6) is 0 Å². The van der Waals surface area contributed by atoms with Crippen LogP contribution in [0.3, 0.4) is 0 Å². The molecule has 2 heterocycles. The Morgan fingerprint density at radius 2 is 2.00 bits per heavy atom. The van der Waals surface area contributed by atoms with Gasteiger partial charge in [-0.05, 0) is 26.2 Å². The van der Waals surface area contributed by atoms with Crippen LogP contribution in [-0.2, 0) is 13.6 Å². The Morgan fingerprint density at radius 1 is 1.30 bits per heavy atom. The smallest absolute Gasteiger partial charge is 0.0951 e. The standard InChI is InChI=1S/C15H25N5/c1-10(2)6-14(16)15-7-17-9-20(15)8-13-11(3)18-19(5)12(13)4/h7,9-10,14H,6,8,16H2,1-5H3. The van der Waals surface area contributed by atoms with Crippen LogP contribution in [0.15, 0.2) is 12.5 Å². The molecule has 1 unspecified atom stereocenters. The molecule has 2 aromatic heterocycles. The van der Waals surface area contributed by atoms with Crippen LogP contribution in [0, 0.1) is 19.8 Å². The highest BCUT2D eigenvalue weighted by atomic mass is 15.3. The summed E-state index contributed by atoms with van der Waals surface area (Å²) in [6.45, 7) is 9.31. The summed E-state index contributed by atoms with van der Waals surface area (Å²) in [5, 5.41) is 4.47. The lowest BCUT2D eigenvalue weighted by Gasteiger charge is -2.16. The normalized spacial score (nSPS) is 13.2. The molecule has 5 heteroatoms. The van der Waals surface area contributed by atoms with Gasteiger partial charge in [-0.2, -0.15) is 5.10 Å². The fourth-order valence-corrected chi connectivity index (χ4v) is 2.62. The second-order valence-corrected chi connectivity index (χ2v) is 5.96. The quantitative estimate of drug-likeness (QED) is 0.911. The molecule has 20 heavy (non-hydrogen) atoms. The van der Waals surface area contributed by atoms with E-state index in [1.807, 2.05) is 31.2 Å². The largest absolute Gasteiger partial charge is 0.329 e. The molecule has 0 aliphatic rings. The van der Waals surface area contributed by atoms with Gasteiger partial charge in [0.1, 0.15) is 0 Å². The van der Waals surface area contributed by atoms with Gasteiger partial charge in [0.25, 0.3) is 0 Å². The molecule has 1 atom stereocenters. The van der Waals surface area contributed by atoms with Gasteiger partial charge < -0.3 is 10.3 Å². The lowest BCUT2D eigenvalue weighted by atomic mass is 10.0. The fourth-order valence-electron chi connectivity index (χ4n) is 2.62. The summed E-state index contributed by atoms with van der Waals surface area (Å²) in [6.07, 6.45) is 4.71. The summed E-state index contributed by atoms with van der Waals surface area (Å²) in [5.74, 6) is 0.579. The van der Waals surface area contributed by atoms with Gasteiger partial charge in [0, 0.05) is 30.5 Å². The summed E-state index contributed by atoms with van der Waals surface area (Å²) < 4.78 is 4.07. The summed E-state index contributed by atoms with van der Waals surface area (Å²) in [6, 6.07) is 0.0368. The number of imidazole rings is 1. The van der Waals surface area contributed by atoms with Crippen molar-refractivity contribution in [3.8, 4) is 0 Å². The molecule has 0 fully saturated rings. The molecular formula is C15H25N5. The Bertz CT molecular complexity index is 579. The molecular weight excluding hydrogens is 250 g/mol. The molecule has 0 aliphatic carbocycles. The van der Waals surface area contributed by atoms with Crippen molar-refractivity contribution in [3.05, 3.63) is 35.2 Å². The van der Waals surface area contributed by atoms with Crippen LogP contribution in [0.4, 0.5) is 0 Å². The van der Waals surface area contributed by atoms with Gasteiger partial charge in [0.15, 0.2) is 0 Å². The zero-order valence-corrected chi connectivity index (χ0v) is 13.1. The van der Waals surface area contributed by atoms with Crippen LogP contribution in [-0.4, -0.2) is 19.3 Å². The van der Waals surface area contributed by atoms with E-state index in [0.717, 1.165) is 24.4 Å². The third kappa shape index (κ3) is 2.93. The monoisotopic (exact) mass is 275 g/mol. The maximum Gasteiger partial charge on any atom is 0.0951 e. The highest BCUT2D eigenvalue weighted by molar-refractivity contribution is 5.25. The van der Waals surface area contributed by atoms with Gasteiger partial charge in [-0.3, -0.25) is 4.68 Å². The maximum atomic E-state index is 6.29. The molecule has 110 valence electrons. The lowest BCUT2D eigenvalue weighted by Crippen LogP contribution is -2.18. The average Bonchev–Trinajstić information content (AvgIpc) is 2.89. The number of nitrogens with zero attached hydrogens (tertiary/aromatic N) is 4. The number of aryl methyl sites for hydroxylation is 2. The van der Waals surface area contributed by atoms with Gasteiger partial charge in [-0.15, -0.1) is 0 Å². The Labute approximate surface area is 120 Å². The van der Waals surface area contributed by atoms with E-state index in [4.69, 9.17) is 5.73 Å². The van der Waals surface area contributed by atoms with Gasteiger partial charge in [0.05, 0.1) is 24.3 Å². The molecule has 5 nitrogen and oxygen atoms in total. The van der Waals surface area contributed by atoms with E-state index in [2.05, 4.69) is 35.4 Å². The predicted molar refractivity (Wildman–Crippen MR) is 80.4 cm³/mol. The predicted octanol–water partition coefficient (Wildman–Crippen LogP) is 2.33. The van der Waals surface area contributed by atoms with Crippen molar-refractivity contribution in [2.75, 3.05) is 0 Å². The SMILES string of the molecule is Cc1nn(C)c(C)c1Cn1cncc1C(N)CC(C)C. The molecule has 0 bridgehead atoms. The first-order valence-corrected chi connectivity index (χ1v) is 7.14. The van der Waals surface area contributed by atoms with Crippen LogP contribution in [0.2, 0.25) is 0 Å².